The van der Waals surface area contributed by atoms with Gasteiger partial charge in [0.25, 0.3) is 0 Å². The number of aromatic nitrogens is 2. The molecule has 0 bridgehead atoms. The van der Waals surface area contributed by atoms with Gasteiger partial charge in [0.15, 0.2) is 0 Å². The van der Waals surface area contributed by atoms with Crippen molar-refractivity contribution < 1.29 is 4.39 Å². The van der Waals surface area contributed by atoms with E-state index in [4.69, 9.17) is 0 Å². The van der Waals surface area contributed by atoms with Crippen LogP contribution in [0.15, 0.2) is 35.1 Å². The molecule has 1 N–H and O–H groups in total. The zero-order valence-electron chi connectivity index (χ0n) is 11.7. The van der Waals surface area contributed by atoms with Crippen LogP contribution in [0.1, 0.15) is 30.8 Å². The van der Waals surface area contributed by atoms with Crippen molar-refractivity contribution in [2.45, 2.75) is 32.4 Å². The monoisotopic (exact) mass is 339 g/mol. The fourth-order valence-electron chi connectivity index (χ4n) is 2.31. The zero-order valence-corrected chi connectivity index (χ0v) is 13.3. The summed E-state index contributed by atoms with van der Waals surface area (Å²) in [6, 6.07) is 4.79. The van der Waals surface area contributed by atoms with Crippen LogP contribution < -0.4 is 5.32 Å². The van der Waals surface area contributed by atoms with Crippen LogP contribution in [0.2, 0.25) is 0 Å². The Hall–Kier alpha value is -1.20. The van der Waals surface area contributed by atoms with E-state index in [-0.39, 0.29) is 11.9 Å². The number of nitrogens with zero attached hydrogens (tertiary/aromatic N) is 2. The van der Waals surface area contributed by atoms with Gasteiger partial charge in [0.2, 0.25) is 0 Å². The molecule has 2 rings (SSSR count). The molecular formula is C15H19BrFN3. The summed E-state index contributed by atoms with van der Waals surface area (Å²) in [5.74, 6) is 0.794. The molecule has 0 fully saturated rings. The van der Waals surface area contributed by atoms with Gasteiger partial charge in [-0.05, 0) is 37.2 Å². The Balaban J connectivity index is 2.24. The van der Waals surface area contributed by atoms with Gasteiger partial charge in [-0.1, -0.05) is 22.9 Å². The van der Waals surface area contributed by atoms with Crippen molar-refractivity contribution in [2.75, 3.05) is 7.05 Å². The molecule has 1 unspecified atom stereocenters. The van der Waals surface area contributed by atoms with Crippen molar-refractivity contribution in [1.82, 2.24) is 14.9 Å². The molecule has 0 aliphatic heterocycles. The number of benzene rings is 1. The van der Waals surface area contributed by atoms with Gasteiger partial charge in [0.05, 0.1) is 0 Å². The number of hydrogen-bond donors (Lipinski definition) is 1. The number of likely N-dealkylation sites (N-methyl/N-ethyl adjacent to an activating group) is 1. The van der Waals surface area contributed by atoms with E-state index in [1.54, 1.807) is 12.1 Å². The van der Waals surface area contributed by atoms with Gasteiger partial charge in [-0.2, -0.15) is 0 Å². The van der Waals surface area contributed by atoms with Crippen LogP contribution in [-0.2, 0) is 13.0 Å². The number of rotatable bonds is 6. The van der Waals surface area contributed by atoms with Gasteiger partial charge in [-0.15, -0.1) is 0 Å². The first-order valence-electron chi connectivity index (χ1n) is 6.78. The number of halogens is 2. The summed E-state index contributed by atoms with van der Waals surface area (Å²) in [7, 11) is 1.88. The van der Waals surface area contributed by atoms with Crippen molar-refractivity contribution in [2.24, 2.45) is 0 Å². The highest BCUT2D eigenvalue weighted by Crippen LogP contribution is 2.26. The molecule has 0 spiro atoms. The molecule has 0 amide bonds. The van der Waals surface area contributed by atoms with E-state index in [1.165, 1.54) is 6.07 Å². The second-order valence-corrected chi connectivity index (χ2v) is 5.60. The van der Waals surface area contributed by atoms with E-state index < -0.39 is 0 Å². The molecule has 5 heteroatoms. The molecule has 3 nitrogen and oxygen atoms in total. The van der Waals surface area contributed by atoms with E-state index in [0.717, 1.165) is 35.2 Å². The second-order valence-electron chi connectivity index (χ2n) is 4.75. The van der Waals surface area contributed by atoms with Gasteiger partial charge in [0.1, 0.15) is 11.6 Å². The van der Waals surface area contributed by atoms with Crippen LogP contribution in [0.3, 0.4) is 0 Å². The Labute approximate surface area is 127 Å². The van der Waals surface area contributed by atoms with Crippen LogP contribution in [-0.4, -0.2) is 16.6 Å². The van der Waals surface area contributed by atoms with Gasteiger partial charge < -0.3 is 9.88 Å². The topological polar surface area (TPSA) is 29.9 Å². The van der Waals surface area contributed by atoms with Crippen molar-refractivity contribution >= 4 is 15.9 Å². The van der Waals surface area contributed by atoms with Crippen LogP contribution in [0.4, 0.5) is 4.39 Å². The van der Waals surface area contributed by atoms with E-state index in [1.807, 2.05) is 19.4 Å². The highest BCUT2D eigenvalue weighted by molar-refractivity contribution is 9.10. The summed E-state index contributed by atoms with van der Waals surface area (Å²) < 4.78 is 16.5. The first-order chi connectivity index (χ1) is 9.65. The van der Waals surface area contributed by atoms with Crippen molar-refractivity contribution in [1.29, 1.82) is 0 Å². The normalized spacial score (nSPS) is 12.6. The molecule has 0 saturated carbocycles. The molecule has 20 heavy (non-hydrogen) atoms. The predicted molar refractivity (Wildman–Crippen MR) is 82.1 cm³/mol. The maximum atomic E-state index is 13.5. The molecule has 0 aliphatic carbocycles. The van der Waals surface area contributed by atoms with Crippen molar-refractivity contribution in [3.8, 4) is 0 Å². The average Bonchev–Trinajstić information content (AvgIpc) is 2.87. The van der Waals surface area contributed by atoms with E-state index in [2.05, 4.69) is 37.7 Å². The maximum absolute atomic E-state index is 13.5. The number of hydrogen-bond acceptors (Lipinski definition) is 2. The Morgan fingerprint density at radius 3 is 2.95 bits per heavy atom. The van der Waals surface area contributed by atoms with Gasteiger partial charge in [0, 0.05) is 35.9 Å². The molecule has 0 aliphatic rings. The summed E-state index contributed by atoms with van der Waals surface area (Å²) in [5.41, 5.74) is 0.915. The lowest BCUT2D eigenvalue weighted by molar-refractivity contribution is 0.536. The molecular weight excluding hydrogens is 321 g/mol. The van der Waals surface area contributed by atoms with Crippen molar-refractivity contribution in [3.63, 3.8) is 0 Å². The first kappa shape index (κ1) is 15.2. The lowest BCUT2D eigenvalue weighted by atomic mass is 10.0. The fourth-order valence-corrected chi connectivity index (χ4v) is 2.83. The van der Waals surface area contributed by atoms with E-state index >= 15 is 0 Å². The summed E-state index contributed by atoms with van der Waals surface area (Å²) in [6.07, 6.45) is 5.60. The van der Waals surface area contributed by atoms with E-state index in [0.29, 0.717) is 0 Å². The van der Waals surface area contributed by atoms with Crippen LogP contribution >= 0.6 is 15.9 Å². The van der Waals surface area contributed by atoms with Gasteiger partial charge in [-0.3, -0.25) is 0 Å². The Morgan fingerprint density at radius 2 is 2.25 bits per heavy atom. The van der Waals surface area contributed by atoms with Crippen LogP contribution in [0.5, 0.6) is 0 Å². The minimum absolute atomic E-state index is 0.0260. The molecule has 108 valence electrons. The Kier molecular flexibility index (Phi) is 5.31. The minimum Gasteiger partial charge on any atom is -0.335 e. The lowest BCUT2D eigenvalue weighted by Gasteiger charge is -2.18. The van der Waals surface area contributed by atoms with E-state index in [9.17, 15) is 4.39 Å². The van der Waals surface area contributed by atoms with Crippen molar-refractivity contribution in [3.05, 3.63) is 52.3 Å². The van der Waals surface area contributed by atoms with Crippen LogP contribution in [0, 0.1) is 5.82 Å². The number of aryl methyl sites for hydroxylation is 1. The third-order valence-electron chi connectivity index (χ3n) is 3.33. The minimum atomic E-state index is -0.222. The van der Waals surface area contributed by atoms with Gasteiger partial charge >= 0.3 is 0 Å². The highest BCUT2D eigenvalue weighted by atomic mass is 79.9. The average molecular weight is 340 g/mol. The van der Waals surface area contributed by atoms with Gasteiger partial charge in [-0.25, -0.2) is 9.37 Å². The molecule has 1 aromatic heterocycles. The number of nitrogens with one attached hydrogen (secondary N) is 1. The fraction of sp³-hybridized carbons (Fsp3) is 0.400. The number of imidazole rings is 1. The van der Waals surface area contributed by atoms with Crippen LogP contribution in [0.25, 0.3) is 0 Å². The quantitative estimate of drug-likeness (QED) is 0.869. The molecule has 0 radical (unpaired) electrons. The SMILES string of the molecule is CCCn1ccnc1CC(NC)c1cc(F)ccc1Br. The highest BCUT2D eigenvalue weighted by Gasteiger charge is 2.16. The third kappa shape index (κ3) is 3.46. The first-order valence-corrected chi connectivity index (χ1v) is 7.57. The Morgan fingerprint density at radius 1 is 1.45 bits per heavy atom. The molecule has 2 aromatic rings. The zero-order chi connectivity index (χ0) is 14.5. The second kappa shape index (κ2) is 6.99. The molecule has 0 saturated heterocycles. The largest absolute Gasteiger partial charge is 0.335 e. The maximum Gasteiger partial charge on any atom is 0.123 e. The smallest absolute Gasteiger partial charge is 0.123 e. The third-order valence-corrected chi connectivity index (χ3v) is 4.06. The summed E-state index contributed by atoms with van der Waals surface area (Å²) in [6.45, 7) is 3.10. The predicted octanol–water partition coefficient (Wildman–Crippen LogP) is 3.70. The summed E-state index contributed by atoms with van der Waals surface area (Å²) in [4.78, 5) is 4.41. The molecule has 1 aromatic carbocycles. The standard InChI is InChI=1S/C15H19BrFN3/c1-3-7-20-8-6-19-15(20)10-14(18-2)12-9-11(17)4-5-13(12)16/h4-6,8-9,14,18H,3,7,10H2,1-2H3. The summed E-state index contributed by atoms with van der Waals surface area (Å²) >= 11 is 3.49. The molecule has 1 heterocycles. The summed E-state index contributed by atoms with van der Waals surface area (Å²) in [5, 5.41) is 3.24. The lowest BCUT2D eigenvalue weighted by Crippen LogP contribution is -2.21. The molecule has 1 atom stereocenters. The Bertz CT molecular complexity index is 568.